The zero-order valence-electron chi connectivity index (χ0n) is 12.5. The Morgan fingerprint density at radius 3 is 2.79 bits per heavy atom. The number of rotatable bonds is 5. The Balaban J connectivity index is 1.88. The van der Waals surface area contributed by atoms with Crippen LogP contribution in [0.15, 0.2) is 0 Å². The van der Waals surface area contributed by atoms with Gasteiger partial charge in [0.2, 0.25) is 5.91 Å². The number of hydrogen-bond acceptors (Lipinski definition) is 3. The average molecular weight is 268 g/mol. The Bertz CT molecular complexity index is 317. The summed E-state index contributed by atoms with van der Waals surface area (Å²) >= 11 is 0. The van der Waals surface area contributed by atoms with Crippen LogP contribution in [0.1, 0.15) is 46.5 Å². The summed E-state index contributed by atoms with van der Waals surface area (Å²) in [5.41, 5.74) is 0.238. The zero-order chi connectivity index (χ0) is 13.9. The van der Waals surface area contributed by atoms with E-state index in [1.807, 2.05) is 0 Å². The zero-order valence-corrected chi connectivity index (χ0v) is 12.5. The Morgan fingerprint density at radius 1 is 1.37 bits per heavy atom. The van der Waals surface area contributed by atoms with Gasteiger partial charge in [0.1, 0.15) is 0 Å². The lowest BCUT2D eigenvalue weighted by Gasteiger charge is -2.29. The minimum Gasteiger partial charge on any atom is -0.379 e. The van der Waals surface area contributed by atoms with Crippen LogP contribution >= 0.6 is 0 Å². The first kappa shape index (κ1) is 14.8. The maximum Gasteiger partial charge on any atom is 0.227 e. The number of amides is 1. The van der Waals surface area contributed by atoms with Crippen LogP contribution < -0.4 is 10.6 Å². The minimum absolute atomic E-state index is 0.0250. The molecule has 1 heterocycles. The van der Waals surface area contributed by atoms with Gasteiger partial charge in [-0.05, 0) is 31.2 Å². The van der Waals surface area contributed by atoms with Crippen molar-refractivity contribution < 1.29 is 9.53 Å². The molecule has 110 valence electrons. The lowest BCUT2D eigenvalue weighted by Crippen LogP contribution is -2.49. The van der Waals surface area contributed by atoms with Crippen LogP contribution in [0.25, 0.3) is 0 Å². The molecule has 2 aliphatic rings. The van der Waals surface area contributed by atoms with Gasteiger partial charge in [-0.3, -0.25) is 4.79 Å². The van der Waals surface area contributed by atoms with Crippen molar-refractivity contribution in [2.75, 3.05) is 19.8 Å². The van der Waals surface area contributed by atoms with E-state index in [0.717, 1.165) is 19.4 Å². The van der Waals surface area contributed by atoms with Crippen molar-refractivity contribution in [3.8, 4) is 0 Å². The predicted octanol–water partition coefficient (Wildman–Crippen LogP) is 1.70. The van der Waals surface area contributed by atoms with Crippen LogP contribution in [-0.4, -0.2) is 37.7 Å². The maximum atomic E-state index is 12.4. The van der Waals surface area contributed by atoms with Gasteiger partial charge in [-0.1, -0.05) is 27.2 Å². The monoisotopic (exact) mass is 268 g/mol. The van der Waals surface area contributed by atoms with Crippen LogP contribution in [0.5, 0.6) is 0 Å². The van der Waals surface area contributed by atoms with Crippen molar-refractivity contribution in [1.82, 2.24) is 10.6 Å². The average Bonchev–Trinajstić information content (AvgIpc) is 2.94. The summed E-state index contributed by atoms with van der Waals surface area (Å²) in [6, 6.07) is 0.511. The summed E-state index contributed by atoms with van der Waals surface area (Å²) in [5, 5.41) is 6.68. The van der Waals surface area contributed by atoms with E-state index in [1.54, 1.807) is 0 Å². The molecular weight excluding hydrogens is 240 g/mol. The summed E-state index contributed by atoms with van der Waals surface area (Å²) in [4.78, 5) is 12.4. The van der Waals surface area contributed by atoms with Crippen molar-refractivity contribution in [1.29, 1.82) is 0 Å². The van der Waals surface area contributed by atoms with Gasteiger partial charge in [0, 0.05) is 12.1 Å². The van der Waals surface area contributed by atoms with Gasteiger partial charge < -0.3 is 15.4 Å². The number of hydrogen-bond donors (Lipinski definition) is 2. The molecule has 1 aliphatic heterocycles. The lowest BCUT2D eigenvalue weighted by molar-refractivity contribution is -0.126. The predicted molar refractivity (Wildman–Crippen MR) is 76.0 cm³/mol. The second-order valence-electron chi connectivity index (χ2n) is 6.65. The molecule has 2 rings (SSSR count). The molecular formula is C15H28N2O2. The van der Waals surface area contributed by atoms with Crippen molar-refractivity contribution in [2.45, 2.75) is 58.5 Å². The van der Waals surface area contributed by atoms with Gasteiger partial charge in [0.25, 0.3) is 0 Å². The fraction of sp³-hybridized carbons (Fsp3) is 0.933. The van der Waals surface area contributed by atoms with Crippen LogP contribution in [-0.2, 0) is 9.53 Å². The van der Waals surface area contributed by atoms with Gasteiger partial charge in [0.15, 0.2) is 0 Å². The van der Waals surface area contributed by atoms with Gasteiger partial charge in [-0.25, -0.2) is 0 Å². The van der Waals surface area contributed by atoms with Crippen molar-refractivity contribution in [2.24, 2.45) is 11.3 Å². The third kappa shape index (κ3) is 3.48. The number of nitrogens with one attached hydrogen (secondary N) is 2. The molecule has 2 fully saturated rings. The lowest BCUT2D eigenvalue weighted by atomic mass is 9.87. The molecule has 2 N–H and O–H groups in total. The highest BCUT2D eigenvalue weighted by Crippen LogP contribution is 2.37. The molecule has 1 aliphatic carbocycles. The summed E-state index contributed by atoms with van der Waals surface area (Å²) in [5.74, 6) is 0.147. The molecule has 4 heteroatoms. The summed E-state index contributed by atoms with van der Waals surface area (Å²) in [6.07, 6.45) is 4.62. The molecule has 0 bridgehead atoms. The topological polar surface area (TPSA) is 50.4 Å². The molecule has 0 spiro atoms. The minimum atomic E-state index is -0.0250. The molecule has 1 saturated carbocycles. The standard InChI is InChI=1S/C15H28N2O2/c1-4-8-16-12-10-19-9-11(12)14(18)17-13-6-5-7-15(13,2)3/h11-13,16H,4-10H2,1-3H3,(H,17,18). The van der Waals surface area contributed by atoms with E-state index < -0.39 is 0 Å². The molecule has 19 heavy (non-hydrogen) atoms. The fourth-order valence-electron chi connectivity index (χ4n) is 3.22. The van der Waals surface area contributed by atoms with Crippen LogP contribution in [0.4, 0.5) is 0 Å². The van der Waals surface area contributed by atoms with Crippen molar-refractivity contribution in [3.63, 3.8) is 0 Å². The first-order valence-electron chi connectivity index (χ1n) is 7.66. The Labute approximate surface area is 116 Å². The first-order chi connectivity index (χ1) is 9.04. The van der Waals surface area contributed by atoms with E-state index in [4.69, 9.17) is 4.74 Å². The SMILES string of the molecule is CCCNC1COCC1C(=O)NC1CCCC1(C)C. The van der Waals surface area contributed by atoms with Gasteiger partial charge >= 0.3 is 0 Å². The molecule has 3 atom stereocenters. The normalized spacial score (nSPS) is 33.5. The van der Waals surface area contributed by atoms with Gasteiger partial charge in [-0.2, -0.15) is 0 Å². The number of ether oxygens (including phenoxy) is 1. The molecule has 0 aromatic heterocycles. The maximum absolute atomic E-state index is 12.4. The quantitative estimate of drug-likeness (QED) is 0.798. The van der Waals surface area contributed by atoms with E-state index in [2.05, 4.69) is 31.4 Å². The Morgan fingerprint density at radius 2 is 2.16 bits per heavy atom. The van der Waals surface area contributed by atoms with E-state index in [9.17, 15) is 4.79 Å². The van der Waals surface area contributed by atoms with Crippen LogP contribution in [0.3, 0.4) is 0 Å². The summed E-state index contributed by atoms with van der Waals surface area (Å²) in [7, 11) is 0. The Hall–Kier alpha value is -0.610. The third-order valence-corrected chi connectivity index (χ3v) is 4.65. The molecule has 0 aromatic carbocycles. The van der Waals surface area contributed by atoms with E-state index in [1.165, 1.54) is 12.8 Å². The fourth-order valence-corrected chi connectivity index (χ4v) is 3.22. The van der Waals surface area contributed by atoms with Crippen LogP contribution in [0, 0.1) is 11.3 Å². The highest BCUT2D eigenvalue weighted by atomic mass is 16.5. The van der Waals surface area contributed by atoms with Gasteiger partial charge in [-0.15, -0.1) is 0 Å². The smallest absolute Gasteiger partial charge is 0.227 e. The summed E-state index contributed by atoms with van der Waals surface area (Å²) in [6.45, 7) is 8.81. The van der Waals surface area contributed by atoms with Crippen molar-refractivity contribution >= 4 is 5.91 Å². The van der Waals surface area contributed by atoms with Gasteiger partial charge in [0.05, 0.1) is 19.1 Å². The highest BCUT2D eigenvalue weighted by molar-refractivity contribution is 5.80. The molecule has 0 radical (unpaired) electrons. The molecule has 1 amide bonds. The number of carbonyl (C=O) groups is 1. The second-order valence-corrected chi connectivity index (χ2v) is 6.65. The number of carbonyl (C=O) groups excluding carboxylic acids is 1. The molecule has 1 saturated heterocycles. The largest absolute Gasteiger partial charge is 0.379 e. The van der Waals surface area contributed by atoms with E-state index in [0.29, 0.717) is 19.3 Å². The molecule has 3 unspecified atom stereocenters. The van der Waals surface area contributed by atoms with Crippen molar-refractivity contribution in [3.05, 3.63) is 0 Å². The molecule has 4 nitrogen and oxygen atoms in total. The first-order valence-corrected chi connectivity index (χ1v) is 7.66. The molecule has 0 aromatic rings. The second kappa shape index (κ2) is 6.23. The van der Waals surface area contributed by atoms with E-state index >= 15 is 0 Å². The van der Waals surface area contributed by atoms with E-state index in [-0.39, 0.29) is 23.3 Å². The Kier molecular flexibility index (Phi) is 4.85. The summed E-state index contributed by atoms with van der Waals surface area (Å²) < 4.78 is 5.48. The highest BCUT2D eigenvalue weighted by Gasteiger charge is 2.39. The van der Waals surface area contributed by atoms with Crippen LogP contribution in [0.2, 0.25) is 0 Å². The third-order valence-electron chi connectivity index (χ3n) is 4.65.